The van der Waals surface area contributed by atoms with Crippen LogP contribution in [0, 0.1) is 0 Å². The standard InChI is InChI=1S/C23H23N3O3/c1-2-3-10-21(27)26-15-6-8-19(26)22(28)24-17-13-11-16(12-14-17)23-25-18-7-4-5-9-20(18)29-23/h2,4-5,7,9,11-14,19H,1,3,6,8,10,15H2,(H,24,28). The molecule has 1 atom stereocenters. The molecule has 1 aromatic heterocycles. The molecule has 1 aliphatic heterocycles. The third-order valence-corrected chi connectivity index (χ3v) is 5.13. The van der Waals surface area contributed by atoms with Gasteiger partial charge >= 0.3 is 0 Å². The number of carbonyl (C=O) groups is 2. The van der Waals surface area contributed by atoms with Gasteiger partial charge in [-0.1, -0.05) is 18.2 Å². The normalized spacial score (nSPS) is 16.1. The lowest BCUT2D eigenvalue weighted by Crippen LogP contribution is -2.43. The van der Waals surface area contributed by atoms with Crippen LogP contribution >= 0.6 is 0 Å². The van der Waals surface area contributed by atoms with Crippen LogP contribution in [-0.4, -0.2) is 34.3 Å². The fourth-order valence-electron chi connectivity index (χ4n) is 3.62. The van der Waals surface area contributed by atoms with E-state index in [1.54, 1.807) is 11.0 Å². The lowest BCUT2D eigenvalue weighted by atomic mass is 10.1. The zero-order valence-electron chi connectivity index (χ0n) is 16.1. The lowest BCUT2D eigenvalue weighted by molar-refractivity contribution is -0.136. The van der Waals surface area contributed by atoms with Gasteiger partial charge < -0.3 is 14.6 Å². The van der Waals surface area contributed by atoms with E-state index in [4.69, 9.17) is 4.42 Å². The number of rotatable bonds is 6. The molecular weight excluding hydrogens is 366 g/mol. The number of benzene rings is 2. The van der Waals surface area contributed by atoms with Crippen LogP contribution in [0.4, 0.5) is 5.69 Å². The van der Waals surface area contributed by atoms with E-state index in [1.165, 1.54) is 0 Å². The minimum Gasteiger partial charge on any atom is -0.436 e. The van der Waals surface area contributed by atoms with Crippen molar-refractivity contribution in [1.29, 1.82) is 0 Å². The van der Waals surface area contributed by atoms with Gasteiger partial charge in [0, 0.05) is 24.2 Å². The van der Waals surface area contributed by atoms with Gasteiger partial charge in [0.2, 0.25) is 17.7 Å². The van der Waals surface area contributed by atoms with E-state index in [2.05, 4.69) is 16.9 Å². The number of hydrogen-bond acceptors (Lipinski definition) is 4. The van der Waals surface area contributed by atoms with Crippen LogP contribution in [0.1, 0.15) is 25.7 Å². The quantitative estimate of drug-likeness (QED) is 0.635. The number of amides is 2. The number of anilines is 1. The number of carbonyl (C=O) groups excluding carboxylic acids is 2. The van der Waals surface area contributed by atoms with Gasteiger partial charge in [-0.05, 0) is 55.7 Å². The van der Waals surface area contributed by atoms with Gasteiger partial charge in [0.25, 0.3) is 0 Å². The number of hydrogen-bond donors (Lipinski definition) is 1. The summed E-state index contributed by atoms with van der Waals surface area (Å²) in [7, 11) is 0. The third kappa shape index (κ3) is 4.06. The maximum absolute atomic E-state index is 12.7. The zero-order valence-corrected chi connectivity index (χ0v) is 16.1. The molecule has 0 bridgehead atoms. The van der Waals surface area contributed by atoms with Crippen molar-refractivity contribution in [1.82, 2.24) is 9.88 Å². The van der Waals surface area contributed by atoms with E-state index in [-0.39, 0.29) is 11.8 Å². The second-order valence-corrected chi connectivity index (χ2v) is 7.13. The second kappa shape index (κ2) is 8.31. The summed E-state index contributed by atoms with van der Waals surface area (Å²) in [5.41, 5.74) is 3.06. The molecule has 1 saturated heterocycles. The maximum atomic E-state index is 12.7. The Morgan fingerprint density at radius 2 is 2.00 bits per heavy atom. The van der Waals surface area contributed by atoms with Crippen LogP contribution in [-0.2, 0) is 9.59 Å². The van der Waals surface area contributed by atoms with Gasteiger partial charge in [-0.3, -0.25) is 9.59 Å². The summed E-state index contributed by atoms with van der Waals surface area (Å²) in [5.74, 6) is 0.400. The van der Waals surface area contributed by atoms with Crippen molar-refractivity contribution >= 4 is 28.6 Å². The number of fused-ring (bicyclic) bond motifs is 1. The third-order valence-electron chi connectivity index (χ3n) is 5.13. The van der Waals surface area contributed by atoms with Crippen LogP contribution < -0.4 is 5.32 Å². The Morgan fingerprint density at radius 3 is 2.76 bits per heavy atom. The van der Waals surface area contributed by atoms with E-state index >= 15 is 0 Å². The van der Waals surface area contributed by atoms with Crippen molar-refractivity contribution in [3.05, 3.63) is 61.2 Å². The summed E-state index contributed by atoms with van der Waals surface area (Å²) in [4.78, 5) is 31.2. The van der Waals surface area contributed by atoms with Crippen molar-refractivity contribution in [3.8, 4) is 11.5 Å². The number of likely N-dealkylation sites (tertiary alicyclic amines) is 1. The average Bonchev–Trinajstić information content (AvgIpc) is 3.39. The van der Waals surface area contributed by atoms with Crippen LogP contribution in [0.25, 0.3) is 22.6 Å². The predicted octanol–water partition coefficient (Wildman–Crippen LogP) is 4.39. The van der Waals surface area contributed by atoms with E-state index in [1.807, 2.05) is 48.5 Å². The van der Waals surface area contributed by atoms with Gasteiger partial charge in [-0.25, -0.2) is 4.98 Å². The zero-order chi connectivity index (χ0) is 20.2. The molecule has 2 amide bonds. The molecule has 148 valence electrons. The fourth-order valence-corrected chi connectivity index (χ4v) is 3.62. The summed E-state index contributed by atoms with van der Waals surface area (Å²) in [6.45, 7) is 4.28. The lowest BCUT2D eigenvalue weighted by Gasteiger charge is -2.24. The van der Waals surface area contributed by atoms with Gasteiger partial charge in [0.1, 0.15) is 11.6 Å². The summed E-state index contributed by atoms with van der Waals surface area (Å²) in [6.07, 6.45) is 4.27. The fraction of sp³-hybridized carbons (Fsp3) is 0.261. The molecule has 1 N–H and O–H groups in total. The van der Waals surface area contributed by atoms with Crippen molar-refractivity contribution in [2.75, 3.05) is 11.9 Å². The molecular formula is C23H23N3O3. The largest absolute Gasteiger partial charge is 0.436 e. The smallest absolute Gasteiger partial charge is 0.247 e. The first-order valence-corrected chi connectivity index (χ1v) is 9.83. The van der Waals surface area contributed by atoms with Gasteiger partial charge in [-0.15, -0.1) is 6.58 Å². The Bertz CT molecular complexity index is 1010. The summed E-state index contributed by atoms with van der Waals surface area (Å²) >= 11 is 0. The molecule has 0 aliphatic carbocycles. The predicted molar refractivity (Wildman–Crippen MR) is 112 cm³/mol. The SMILES string of the molecule is C=CCCC(=O)N1CCCC1C(=O)Nc1ccc(-c2nc3ccccc3o2)cc1. The highest BCUT2D eigenvalue weighted by molar-refractivity contribution is 5.97. The molecule has 0 spiro atoms. The number of allylic oxidation sites excluding steroid dienone is 1. The van der Waals surface area contributed by atoms with Crippen molar-refractivity contribution in [3.63, 3.8) is 0 Å². The highest BCUT2D eigenvalue weighted by atomic mass is 16.3. The van der Waals surface area contributed by atoms with Gasteiger partial charge in [0.15, 0.2) is 5.58 Å². The molecule has 0 saturated carbocycles. The van der Waals surface area contributed by atoms with Crippen molar-refractivity contribution < 1.29 is 14.0 Å². The number of nitrogens with zero attached hydrogens (tertiary/aromatic N) is 2. The Morgan fingerprint density at radius 1 is 1.21 bits per heavy atom. The van der Waals surface area contributed by atoms with E-state index in [0.29, 0.717) is 37.4 Å². The minimum absolute atomic E-state index is 0.00820. The second-order valence-electron chi connectivity index (χ2n) is 7.13. The van der Waals surface area contributed by atoms with Crippen molar-refractivity contribution in [2.45, 2.75) is 31.7 Å². The Balaban J connectivity index is 1.43. The molecule has 29 heavy (non-hydrogen) atoms. The Labute approximate surface area is 169 Å². The molecule has 6 nitrogen and oxygen atoms in total. The van der Waals surface area contributed by atoms with E-state index in [0.717, 1.165) is 23.1 Å². The average molecular weight is 389 g/mol. The molecule has 1 fully saturated rings. The van der Waals surface area contributed by atoms with Gasteiger partial charge in [0.05, 0.1) is 0 Å². The first kappa shape index (κ1) is 18.9. The first-order valence-electron chi connectivity index (χ1n) is 9.83. The molecule has 1 unspecified atom stereocenters. The van der Waals surface area contributed by atoms with Gasteiger partial charge in [-0.2, -0.15) is 0 Å². The number of nitrogens with one attached hydrogen (secondary N) is 1. The number of para-hydroxylation sites is 2. The topological polar surface area (TPSA) is 75.4 Å². The van der Waals surface area contributed by atoms with Crippen LogP contribution in [0.2, 0.25) is 0 Å². The molecule has 3 aromatic rings. The van der Waals surface area contributed by atoms with Crippen molar-refractivity contribution in [2.24, 2.45) is 0 Å². The minimum atomic E-state index is -0.413. The summed E-state index contributed by atoms with van der Waals surface area (Å²) < 4.78 is 5.78. The number of oxazole rings is 1. The summed E-state index contributed by atoms with van der Waals surface area (Å²) in [5, 5.41) is 2.93. The number of aromatic nitrogens is 1. The molecule has 0 radical (unpaired) electrons. The summed E-state index contributed by atoms with van der Waals surface area (Å²) in [6, 6.07) is 14.6. The molecule has 2 heterocycles. The molecule has 4 rings (SSSR count). The Kier molecular flexibility index (Phi) is 5.42. The highest BCUT2D eigenvalue weighted by Gasteiger charge is 2.33. The van der Waals surface area contributed by atoms with E-state index < -0.39 is 6.04 Å². The van der Waals surface area contributed by atoms with Crippen LogP contribution in [0.15, 0.2) is 65.6 Å². The first-order chi connectivity index (χ1) is 14.2. The molecule has 6 heteroatoms. The molecule has 2 aromatic carbocycles. The van der Waals surface area contributed by atoms with Crippen LogP contribution in [0.3, 0.4) is 0 Å². The Hall–Kier alpha value is -3.41. The maximum Gasteiger partial charge on any atom is 0.247 e. The molecule has 1 aliphatic rings. The van der Waals surface area contributed by atoms with E-state index in [9.17, 15) is 9.59 Å². The highest BCUT2D eigenvalue weighted by Crippen LogP contribution is 2.26. The monoisotopic (exact) mass is 389 g/mol. The van der Waals surface area contributed by atoms with Crippen LogP contribution in [0.5, 0.6) is 0 Å².